The van der Waals surface area contributed by atoms with Crippen molar-refractivity contribution in [1.82, 2.24) is 4.98 Å². The van der Waals surface area contributed by atoms with Crippen LogP contribution in [0.2, 0.25) is 0 Å². The lowest BCUT2D eigenvalue weighted by Gasteiger charge is -2.01. The van der Waals surface area contributed by atoms with Gasteiger partial charge in [0.15, 0.2) is 5.78 Å². The van der Waals surface area contributed by atoms with E-state index in [0.29, 0.717) is 5.56 Å². The number of carbonyl (C=O) groups excluding carboxylic acids is 1. The molecule has 100 valence electrons. The van der Waals surface area contributed by atoms with E-state index >= 15 is 0 Å². The number of aromatic carboxylic acids is 1. The van der Waals surface area contributed by atoms with Crippen molar-refractivity contribution in [2.24, 2.45) is 0 Å². The zero-order chi connectivity index (χ0) is 14.5. The van der Waals surface area contributed by atoms with Crippen LogP contribution >= 0.6 is 0 Å². The maximum absolute atomic E-state index is 12.0. The average molecular weight is 269 g/mol. The first-order valence-corrected chi connectivity index (χ1v) is 5.76. The Kier molecular flexibility index (Phi) is 3.91. The van der Waals surface area contributed by atoms with Gasteiger partial charge in [-0.15, -0.1) is 0 Å². The molecule has 2 aromatic rings. The minimum Gasteiger partial charge on any atom is -0.506 e. The van der Waals surface area contributed by atoms with E-state index in [0.717, 1.165) is 0 Å². The Labute approximate surface area is 114 Å². The molecule has 0 unspecified atom stereocenters. The smallest absolute Gasteiger partial charge is 0.336 e. The third-order valence-corrected chi connectivity index (χ3v) is 2.60. The summed E-state index contributed by atoms with van der Waals surface area (Å²) in [6, 6.07) is 7.43. The van der Waals surface area contributed by atoms with Gasteiger partial charge in [0, 0.05) is 11.8 Å². The van der Waals surface area contributed by atoms with Gasteiger partial charge in [-0.25, -0.2) is 4.79 Å². The Morgan fingerprint density at radius 1 is 1.10 bits per heavy atom. The number of benzene rings is 1. The van der Waals surface area contributed by atoms with Gasteiger partial charge in [-0.3, -0.25) is 9.78 Å². The Morgan fingerprint density at radius 2 is 1.80 bits per heavy atom. The van der Waals surface area contributed by atoms with E-state index in [4.69, 9.17) is 5.11 Å². The van der Waals surface area contributed by atoms with Crippen molar-refractivity contribution in [3.05, 3.63) is 65.5 Å². The molecule has 1 heterocycles. The molecule has 0 aliphatic heterocycles. The summed E-state index contributed by atoms with van der Waals surface area (Å²) >= 11 is 0. The van der Waals surface area contributed by atoms with Crippen molar-refractivity contribution in [3.63, 3.8) is 0 Å². The molecule has 0 aliphatic carbocycles. The summed E-state index contributed by atoms with van der Waals surface area (Å²) in [6.45, 7) is 0. The number of aromatic nitrogens is 1. The van der Waals surface area contributed by atoms with E-state index in [2.05, 4.69) is 4.98 Å². The predicted molar refractivity (Wildman–Crippen MR) is 72.7 cm³/mol. The third kappa shape index (κ3) is 3.08. The van der Waals surface area contributed by atoms with Crippen LogP contribution < -0.4 is 0 Å². The normalized spacial score (nSPS) is 10.6. The van der Waals surface area contributed by atoms with Crippen LogP contribution in [0.25, 0.3) is 6.08 Å². The van der Waals surface area contributed by atoms with Gasteiger partial charge in [-0.1, -0.05) is 18.2 Å². The summed E-state index contributed by atoms with van der Waals surface area (Å²) in [5.74, 6) is -1.58. The number of carboxylic acid groups (broad SMARTS) is 1. The first-order chi connectivity index (χ1) is 9.58. The Hall–Kier alpha value is -2.95. The lowest BCUT2D eigenvalue weighted by atomic mass is 10.0. The second-order valence-electron chi connectivity index (χ2n) is 4.02. The summed E-state index contributed by atoms with van der Waals surface area (Å²) in [7, 11) is 0. The van der Waals surface area contributed by atoms with Gasteiger partial charge in [0.05, 0.1) is 11.8 Å². The number of rotatable bonds is 4. The largest absolute Gasteiger partial charge is 0.506 e. The van der Waals surface area contributed by atoms with Crippen molar-refractivity contribution in [1.29, 1.82) is 0 Å². The van der Waals surface area contributed by atoms with Crippen molar-refractivity contribution >= 4 is 17.8 Å². The van der Waals surface area contributed by atoms with Gasteiger partial charge < -0.3 is 10.2 Å². The number of carboxylic acids is 1. The molecule has 1 aromatic carbocycles. The summed E-state index contributed by atoms with van der Waals surface area (Å²) < 4.78 is 0. The Bertz CT molecular complexity index is 692. The minimum absolute atomic E-state index is 0.00876. The van der Waals surface area contributed by atoms with Crippen molar-refractivity contribution in [2.45, 2.75) is 0 Å². The maximum atomic E-state index is 12.0. The second kappa shape index (κ2) is 5.79. The van der Waals surface area contributed by atoms with Crippen LogP contribution in [0.5, 0.6) is 5.75 Å². The van der Waals surface area contributed by atoms with Gasteiger partial charge in [0.1, 0.15) is 5.75 Å². The predicted octanol–water partition coefficient (Wildman–Crippen LogP) is 2.38. The first kappa shape index (κ1) is 13.5. The van der Waals surface area contributed by atoms with Crippen LogP contribution in [0.3, 0.4) is 0 Å². The number of aromatic hydroxyl groups is 1. The number of pyridine rings is 1. The lowest BCUT2D eigenvalue weighted by molar-refractivity contribution is 0.0693. The van der Waals surface area contributed by atoms with E-state index in [1.165, 1.54) is 42.7 Å². The summed E-state index contributed by atoms with van der Waals surface area (Å²) in [6.07, 6.45) is 5.47. The number of allylic oxidation sites excluding steroid dienone is 1. The fraction of sp³-hybridized carbons (Fsp3) is 0. The second-order valence-corrected chi connectivity index (χ2v) is 4.02. The van der Waals surface area contributed by atoms with Crippen LogP contribution in [0.4, 0.5) is 0 Å². The van der Waals surface area contributed by atoms with Gasteiger partial charge >= 0.3 is 5.97 Å². The fourth-order valence-corrected chi connectivity index (χ4v) is 1.68. The minimum atomic E-state index is -1.15. The molecule has 0 saturated heterocycles. The van der Waals surface area contributed by atoms with Crippen LogP contribution in [0, 0.1) is 0 Å². The van der Waals surface area contributed by atoms with Crippen molar-refractivity contribution < 1.29 is 19.8 Å². The molecule has 5 heteroatoms. The van der Waals surface area contributed by atoms with E-state index in [1.54, 1.807) is 12.1 Å². The molecule has 0 fully saturated rings. The molecule has 0 radical (unpaired) electrons. The van der Waals surface area contributed by atoms with Gasteiger partial charge in [0.25, 0.3) is 0 Å². The quantitative estimate of drug-likeness (QED) is 0.657. The zero-order valence-corrected chi connectivity index (χ0v) is 10.4. The van der Waals surface area contributed by atoms with Crippen LogP contribution in [-0.4, -0.2) is 26.9 Å². The van der Waals surface area contributed by atoms with Gasteiger partial charge in [-0.2, -0.15) is 0 Å². The topological polar surface area (TPSA) is 87.5 Å². The van der Waals surface area contributed by atoms with Gasteiger partial charge in [0.2, 0.25) is 0 Å². The summed E-state index contributed by atoms with van der Waals surface area (Å²) in [5.41, 5.74) is 0.617. The monoisotopic (exact) mass is 269 g/mol. The lowest BCUT2D eigenvalue weighted by Crippen LogP contribution is -2.06. The maximum Gasteiger partial charge on any atom is 0.336 e. The summed E-state index contributed by atoms with van der Waals surface area (Å²) in [5, 5.41) is 18.3. The van der Waals surface area contributed by atoms with Crippen molar-refractivity contribution in [3.8, 4) is 5.75 Å². The number of hydrogen-bond acceptors (Lipinski definition) is 4. The molecule has 20 heavy (non-hydrogen) atoms. The Morgan fingerprint density at radius 3 is 2.45 bits per heavy atom. The highest BCUT2D eigenvalue weighted by molar-refractivity contribution is 6.12. The van der Waals surface area contributed by atoms with Gasteiger partial charge in [-0.05, 0) is 29.8 Å². The molecular weight excluding hydrogens is 258 g/mol. The van der Waals surface area contributed by atoms with E-state index in [-0.39, 0.29) is 16.9 Å². The molecule has 0 amide bonds. The number of ketones is 1. The molecule has 0 spiro atoms. The molecule has 2 N–H and O–H groups in total. The SMILES string of the molecule is O=C(O)c1ccccc1C(=O)/C=C/c1cncc(O)c1. The average Bonchev–Trinajstić information content (AvgIpc) is 2.45. The molecule has 0 bridgehead atoms. The highest BCUT2D eigenvalue weighted by Crippen LogP contribution is 2.13. The van der Waals surface area contributed by atoms with Crippen LogP contribution in [0.15, 0.2) is 48.8 Å². The molecule has 0 saturated carbocycles. The summed E-state index contributed by atoms with van der Waals surface area (Å²) in [4.78, 5) is 26.8. The molecule has 0 atom stereocenters. The van der Waals surface area contributed by atoms with Crippen LogP contribution in [-0.2, 0) is 0 Å². The van der Waals surface area contributed by atoms with E-state index < -0.39 is 11.8 Å². The van der Waals surface area contributed by atoms with Crippen molar-refractivity contribution in [2.75, 3.05) is 0 Å². The molecule has 5 nitrogen and oxygen atoms in total. The first-order valence-electron chi connectivity index (χ1n) is 5.76. The zero-order valence-electron chi connectivity index (χ0n) is 10.4. The fourth-order valence-electron chi connectivity index (χ4n) is 1.68. The molecule has 1 aromatic heterocycles. The number of carbonyl (C=O) groups is 2. The van der Waals surface area contributed by atoms with E-state index in [1.807, 2.05) is 0 Å². The highest BCUT2D eigenvalue weighted by Gasteiger charge is 2.13. The molecule has 0 aliphatic rings. The Balaban J connectivity index is 2.27. The third-order valence-electron chi connectivity index (χ3n) is 2.60. The number of hydrogen-bond donors (Lipinski definition) is 2. The number of nitrogens with zero attached hydrogens (tertiary/aromatic N) is 1. The van der Waals surface area contributed by atoms with Crippen LogP contribution in [0.1, 0.15) is 26.3 Å². The standard InChI is InChI=1S/C15H11NO4/c17-11-7-10(8-16-9-11)5-6-14(18)12-3-1-2-4-13(12)15(19)20/h1-9,17H,(H,19,20)/b6-5+. The molecular formula is C15H11NO4. The highest BCUT2D eigenvalue weighted by atomic mass is 16.4. The van der Waals surface area contributed by atoms with E-state index in [9.17, 15) is 14.7 Å². The molecule has 2 rings (SSSR count).